The Labute approximate surface area is 112 Å². The molecule has 0 amide bonds. The van der Waals surface area contributed by atoms with Crippen LogP contribution in [0.1, 0.15) is 17.2 Å². The quantitative estimate of drug-likeness (QED) is 0.831. The first kappa shape index (κ1) is 13.4. The number of nitrogens with one attached hydrogen (secondary N) is 1. The lowest BCUT2D eigenvalue weighted by Crippen LogP contribution is -2.18. The number of hydrogen-bond acceptors (Lipinski definition) is 3. The minimum atomic E-state index is -0.371. The molecule has 0 spiro atoms. The molecule has 1 atom stereocenters. The highest BCUT2D eigenvalue weighted by atomic mass is 19.1. The fourth-order valence-electron chi connectivity index (χ4n) is 2.13. The van der Waals surface area contributed by atoms with E-state index in [0.29, 0.717) is 5.69 Å². The van der Waals surface area contributed by atoms with Crippen LogP contribution in [0.25, 0.3) is 0 Å². The Kier molecular flexibility index (Phi) is 4.02. The van der Waals surface area contributed by atoms with Gasteiger partial charge in [0.15, 0.2) is 11.6 Å². The van der Waals surface area contributed by atoms with Gasteiger partial charge in [-0.2, -0.15) is 0 Å². The first-order valence-corrected chi connectivity index (χ1v) is 6.02. The van der Waals surface area contributed by atoms with Gasteiger partial charge in [-0.05, 0) is 42.4 Å². The van der Waals surface area contributed by atoms with E-state index in [2.05, 4.69) is 5.32 Å². The Morgan fingerprint density at radius 2 is 1.89 bits per heavy atom. The van der Waals surface area contributed by atoms with E-state index < -0.39 is 0 Å². The first-order chi connectivity index (χ1) is 9.15. The van der Waals surface area contributed by atoms with Gasteiger partial charge in [0.25, 0.3) is 0 Å². The summed E-state index contributed by atoms with van der Waals surface area (Å²) < 4.78 is 18.7. The third-order valence-electron chi connectivity index (χ3n) is 3.04. The van der Waals surface area contributed by atoms with Crippen LogP contribution in [0.4, 0.5) is 10.1 Å². The number of anilines is 1. The van der Waals surface area contributed by atoms with Crippen molar-refractivity contribution in [1.29, 1.82) is 0 Å². The molecule has 0 bridgehead atoms. The second-order valence-electron chi connectivity index (χ2n) is 4.29. The highest BCUT2D eigenvalue weighted by Crippen LogP contribution is 2.27. The van der Waals surface area contributed by atoms with Crippen LogP contribution >= 0.6 is 0 Å². The summed E-state index contributed by atoms with van der Waals surface area (Å²) in [5, 5.41) is 3.16. The molecule has 0 heterocycles. The summed E-state index contributed by atoms with van der Waals surface area (Å²) in [6.07, 6.45) is 0. The van der Waals surface area contributed by atoms with Gasteiger partial charge >= 0.3 is 0 Å². The van der Waals surface area contributed by atoms with E-state index in [-0.39, 0.29) is 17.6 Å². The maximum Gasteiger partial charge on any atom is 0.165 e. The zero-order valence-corrected chi connectivity index (χ0v) is 11.0. The molecule has 0 saturated carbocycles. The summed E-state index contributed by atoms with van der Waals surface area (Å²) in [5.41, 5.74) is 8.29. The van der Waals surface area contributed by atoms with Crippen LogP contribution in [0.3, 0.4) is 0 Å². The molecule has 4 heteroatoms. The van der Waals surface area contributed by atoms with Crippen LogP contribution in [0.2, 0.25) is 0 Å². The van der Waals surface area contributed by atoms with Crippen molar-refractivity contribution in [3.05, 3.63) is 59.4 Å². The van der Waals surface area contributed by atoms with Gasteiger partial charge in [-0.25, -0.2) is 4.39 Å². The van der Waals surface area contributed by atoms with Crippen molar-refractivity contribution in [3.8, 4) is 5.75 Å². The third kappa shape index (κ3) is 2.85. The number of benzene rings is 2. The Balaban J connectivity index is 2.39. The van der Waals surface area contributed by atoms with Crippen molar-refractivity contribution in [1.82, 2.24) is 5.32 Å². The topological polar surface area (TPSA) is 47.3 Å². The van der Waals surface area contributed by atoms with E-state index in [0.717, 1.165) is 11.1 Å². The Bertz CT molecular complexity index is 572. The number of hydrogen-bond donors (Lipinski definition) is 2. The number of nitrogens with two attached hydrogens (primary N) is 1. The molecule has 0 aliphatic rings. The highest BCUT2D eigenvalue weighted by molar-refractivity contribution is 5.45. The van der Waals surface area contributed by atoms with Gasteiger partial charge in [-0.1, -0.05) is 18.2 Å². The van der Waals surface area contributed by atoms with Crippen molar-refractivity contribution in [2.75, 3.05) is 19.9 Å². The molecule has 0 aliphatic carbocycles. The zero-order chi connectivity index (χ0) is 13.8. The largest absolute Gasteiger partial charge is 0.494 e. The zero-order valence-electron chi connectivity index (χ0n) is 11.0. The van der Waals surface area contributed by atoms with E-state index in [1.54, 1.807) is 6.07 Å². The minimum absolute atomic E-state index is 0.107. The van der Waals surface area contributed by atoms with Crippen molar-refractivity contribution < 1.29 is 9.13 Å². The lowest BCUT2D eigenvalue weighted by Gasteiger charge is -2.18. The summed E-state index contributed by atoms with van der Waals surface area (Å²) >= 11 is 0. The molecule has 2 aromatic rings. The minimum Gasteiger partial charge on any atom is -0.494 e. The molecule has 0 fully saturated rings. The van der Waals surface area contributed by atoms with Crippen LogP contribution in [0.15, 0.2) is 42.5 Å². The van der Waals surface area contributed by atoms with E-state index >= 15 is 0 Å². The van der Waals surface area contributed by atoms with E-state index in [1.165, 1.54) is 13.2 Å². The van der Waals surface area contributed by atoms with Gasteiger partial charge in [-0.3, -0.25) is 0 Å². The van der Waals surface area contributed by atoms with Crippen molar-refractivity contribution in [2.24, 2.45) is 0 Å². The molecule has 3 N–H and O–H groups in total. The summed E-state index contributed by atoms with van der Waals surface area (Å²) in [4.78, 5) is 0. The molecule has 2 rings (SSSR count). The Morgan fingerprint density at radius 3 is 2.47 bits per heavy atom. The molecule has 0 radical (unpaired) electrons. The summed E-state index contributed by atoms with van der Waals surface area (Å²) in [7, 11) is 3.28. The molecule has 1 unspecified atom stereocenters. The molecular weight excluding hydrogens is 243 g/mol. The maximum atomic E-state index is 13.8. The predicted molar refractivity (Wildman–Crippen MR) is 74.7 cm³/mol. The molecule has 2 aromatic carbocycles. The van der Waals surface area contributed by atoms with E-state index in [1.807, 2.05) is 37.4 Å². The standard InChI is InChI=1S/C15H17FN2O/c1-18-15(10-4-3-5-12(17)8-10)11-6-7-14(19-2)13(16)9-11/h3-9,15,18H,17H2,1-2H3. The van der Waals surface area contributed by atoms with Crippen LogP contribution in [0, 0.1) is 5.82 Å². The lowest BCUT2D eigenvalue weighted by molar-refractivity contribution is 0.386. The predicted octanol–water partition coefficient (Wildman–Crippen LogP) is 2.73. The normalized spacial score (nSPS) is 12.2. The average Bonchev–Trinajstić information content (AvgIpc) is 2.40. The maximum absolute atomic E-state index is 13.8. The van der Waals surface area contributed by atoms with E-state index in [4.69, 9.17) is 10.5 Å². The second kappa shape index (κ2) is 5.71. The number of ether oxygens (including phenoxy) is 1. The molecule has 0 saturated heterocycles. The Morgan fingerprint density at radius 1 is 1.16 bits per heavy atom. The van der Waals surface area contributed by atoms with Gasteiger partial charge in [-0.15, -0.1) is 0 Å². The fraction of sp³-hybridized carbons (Fsp3) is 0.200. The van der Waals surface area contributed by atoms with Gasteiger partial charge in [0.2, 0.25) is 0 Å². The van der Waals surface area contributed by atoms with Gasteiger partial charge in [0, 0.05) is 5.69 Å². The molecule has 3 nitrogen and oxygen atoms in total. The first-order valence-electron chi connectivity index (χ1n) is 6.02. The smallest absolute Gasteiger partial charge is 0.165 e. The summed E-state index contributed by atoms with van der Waals surface area (Å²) in [6, 6.07) is 12.4. The average molecular weight is 260 g/mol. The number of nitrogen functional groups attached to an aromatic ring is 1. The number of methoxy groups -OCH3 is 1. The van der Waals surface area contributed by atoms with Crippen molar-refractivity contribution >= 4 is 5.69 Å². The van der Waals surface area contributed by atoms with Crippen LogP contribution in [-0.4, -0.2) is 14.2 Å². The third-order valence-corrected chi connectivity index (χ3v) is 3.04. The highest BCUT2D eigenvalue weighted by Gasteiger charge is 2.14. The van der Waals surface area contributed by atoms with Crippen molar-refractivity contribution in [2.45, 2.75) is 6.04 Å². The second-order valence-corrected chi connectivity index (χ2v) is 4.29. The SMILES string of the molecule is CNC(c1cccc(N)c1)c1ccc(OC)c(F)c1. The number of halogens is 1. The van der Waals surface area contributed by atoms with Gasteiger partial charge in [0.1, 0.15) is 0 Å². The Hall–Kier alpha value is -2.07. The lowest BCUT2D eigenvalue weighted by atomic mass is 9.98. The molecule has 100 valence electrons. The van der Waals surface area contributed by atoms with Gasteiger partial charge < -0.3 is 15.8 Å². The van der Waals surface area contributed by atoms with Gasteiger partial charge in [0.05, 0.1) is 13.2 Å². The molecule has 0 aliphatic heterocycles. The summed E-state index contributed by atoms with van der Waals surface area (Å²) in [5.74, 6) is -0.129. The molecule has 19 heavy (non-hydrogen) atoms. The number of rotatable bonds is 4. The van der Waals surface area contributed by atoms with Crippen molar-refractivity contribution in [3.63, 3.8) is 0 Å². The van der Waals surface area contributed by atoms with Crippen LogP contribution in [0.5, 0.6) is 5.75 Å². The summed E-state index contributed by atoms with van der Waals surface area (Å²) in [6.45, 7) is 0. The monoisotopic (exact) mass is 260 g/mol. The molecular formula is C15H17FN2O. The van der Waals surface area contributed by atoms with Crippen LogP contribution < -0.4 is 15.8 Å². The van der Waals surface area contributed by atoms with Crippen LogP contribution in [-0.2, 0) is 0 Å². The molecule has 0 aromatic heterocycles. The van der Waals surface area contributed by atoms with E-state index in [9.17, 15) is 4.39 Å². The fourth-order valence-corrected chi connectivity index (χ4v) is 2.13.